The normalized spacial score (nSPS) is 21.1. The number of carbonyl (C=O) groups is 3. The maximum Gasteiger partial charge on any atom is 0.327 e. The number of methoxy groups -OCH3 is 1. The number of fused-ring (bicyclic) bond motifs is 1. The van der Waals surface area contributed by atoms with Gasteiger partial charge in [-0.15, -0.1) is 0 Å². The first-order chi connectivity index (χ1) is 15.0. The molecule has 7 nitrogen and oxygen atoms in total. The highest BCUT2D eigenvalue weighted by Crippen LogP contribution is 2.27. The number of hydrogen-bond acceptors (Lipinski definition) is 5. The Labute approximate surface area is 185 Å². The van der Waals surface area contributed by atoms with Gasteiger partial charge in [-0.1, -0.05) is 23.7 Å². The lowest BCUT2D eigenvalue weighted by Crippen LogP contribution is -2.69. The molecule has 0 saturated carbocycles. The molecule has 0 aliphatic carbocycles. The van der Waals surface area contributed by atoms with Crippen molar-refractivity contribution in [2.75, 3.05) is 20.2 Å². The van der Waals surface area contributed by atoms with Crippen molar-refractivity contribution in [3.63, 3.8) is 0 Å². The summed E-state index contributed by atoms with van der Waals surface area (Å²) in [7, 11) is 1.56. The first-order valence-electron chi connectivity index (χ1n) is 10.2. The quantitative estimate of drug-likeness (QED) is 0.697. The van der Waals surface area contributed by atoms with E-state index in [0.717, 1.165) is 12.0 Å². The van der Waals surface area contributed by atoms with Crippen LogP contribution in [0.5, 0.6) is 5.75 Å². The Kier molecular flexibility index (Phi) is 6.25. The average Bonchev–Trinajstić information content (AvgIpc) is 2.80. The van der Waals surface area contributed by atoms with E-state index in [1.54, 1.807) is 60.5 Å². The second kappa shape index (κ2) is 9.08. The van der Waals surface area contributed by atoms with Crippen molar-refractivity contribution in [2.24, 2.45) is 0 Å². The summed E-state index contributed by atoms with van der Waals surface area (Å²) < 4.78 is 5.14. The third kappa shape index (κ3) is 4.43. The summed E-state index contributed by atoms with van der Waals surface area (Å²) in [5, 5.41) is 3.82. The molecule has 0 aromatic heterocycles. The van der Waals surface area contributed by atoms with Crippen LogP contribution < -0.4 is 10.1 Å². The lowest BCUT2D eigenvalue weighted by molar-refractivity contribution is -0.137. The summed E-state index contributed by atoms with van der Waals surface area (Å²) >= 11 is 5.95. The monoisotopic (exact) mass is 441 g/mol. The number of amides is 3. The molecule has 8 heteroatoms. The van der Waals surface area contributed by atoms with Gasteiger partial charge in [0.15, 0.2) is 5.78 Å². The smallest absolute Gasteiger partial charge is 0.327 e. The number of hydrogen-bond donors (Lipinski definition) is 1. The largest absolute Gasteiger partial charge is 0.497 e. The number of ether oxygens (including phenoxy) is 1. The van der Waals surface area contributed by atoms with E-state index < -0.39 is 12.1 Å². The molecule has 2 heterocycles. The molecule has 3 amide bonds. The number of benzene rings is 2. The minimum atomic E-state index is -0.512. The molecule has 2 aliphatic rings. The van der Waals surface area contributed by atoms with E-state index in [-0.39, 0.29) is 30.8 Å². The molecule has 0 radical (unpaired) electrons. The summed E-state index contributed by atoms with van der Waals surface area (Å²) in [6.07, 6.45) is 1.52. The fraction of sp³-hybridized carbons (Fsp3) is 0.348. The standard InChI is InChI=1S/C23H24ClN3O4/c1-31-18-10-6-16(7-11-18)20(28)14-26-19-3-2-12-25-21(19)22(29)27(23(26)30)13-15-4-8-17(24)9-5-15/h4-11,19,21,25H,2-3,12-14H2,1H3. The van der Waals surface area contributed by atoms with Crippen LogP contribution in [0.4, 0.5) is 4.79 Å². The van der Waals surface area contributed by atoms with Crippen molar-refractivity contribution in [1.82, 2.24) is 15.1 Å². The Morgan fingerprint density at radius 3 is 2.52 bits per heavy atom. The van der Waals surface area contributed by atoms with Crippen molar-refractivity contribution in [3.8, 4) is 5.75 Å². The first-order valence-corrected chi connectivity index (χ1v) is 10.6. The molecule has 2 fully saturated rings. The van der Waals surface area contributed by atoms with Gasteiger partial charge in [0.1, 0.15) is 11.8 Å². The Hall–Kier alpha value is -2.90. The third-order valence-electron chi connectivity index (χ3n) is 5.81. The zero-order valence-electron chi connectivity index (χ0n) is 17.2. The van der Waals surface area contributed by atoms with Gasteiger partial charge in [0.2, 0.25) is 5.91 Å². The number of nitrogens with one attached hydrogen (secondary N) is 1. The topological polar surface area (TPSA) is 79.0 Å². The van der Waals surface area contributed by atoms with Gasteiger partial charge in [-0.25, -0.2) is 4.79 Å². The number of Topliss-reactive ketones (excluding diaryl/α,β-unsaturated/α-hetero) is 1. The lowest BCUT2D eigenvalue weighted by atomic mass is 9.92. The molecule has 162 valence electrons. The Bertz CT molecular complexity index is 977. The summed E-state index contributed by atoms with van der Waals surface area (Å²) in [4.78, 5) is 42.2. The van der Waals surface area contributed by atoms with Gasteiger partial charge >= 0.3 is 6.03 Å². The maximum absolute atomic E-state index is 13.3. The number of urea groups is 1. The van der Waals surface area contributed by atoms with Gasteiger partial charge in [-0.2, -0.15) is 0 Å². The second-order valence-corrected chi connectivity index (χ2v) is 8.19. The number of nitrogens with zero attached hydrogens (tertiary/aromatic N) is 2. The number of piperidine rings is 1. The molecule has 2 aromatic carbocycles. The molecule has 2 atom stereocenters. The number of imide groups is 1. The van der Waals surface area contributed by atoms with Crippen LogP contribution in [0.1, 0.15) is 28.8 Å². The molecule has 2 unspecified atom stereocenters. The van der Waals surface area contributed by atoms with Gasteiger partial charge in [-0.3, -0.25) is 14.5 Å². The summed E-state index contributed by atoms with van der Waals surface area (Å²) in [6.45, 7) is 0.752. The van der Waals surface area contributed by atoms with Gasteiger partial charge < -0.3 is 15.0 Å². The summed E-state index contributed by atoms with van der Waals surface area (Å²) in [5.41, 5.74) is 1.29. The van der Waals surface area contributed by atoms with E-state index in [9.17, 15) is 14.4 Å². The third-order valence-corrected chi connectivity index (χ3v) is 6.07. The molecule has 2 aromatic rings. The Morgan fingerprint density at radius 2 is 1.84 bits per heavy atom. The zero-order chi connectivity index (χ0) is 22.0. The highest BCUT2D eigenvalue weighted by atomic mass is 35.5. The number of rotatable bonds is 6. The molecule has 0 bridgehead atoms. The van der Waals surface area contributed by atoms with E-state index in [2.05, 4.69) is 5.32 Å². The zero-order valence-corrected chi connectivity index (χ0v) is 18.0. The summed E-state index contributed by atoms with van der Waals surface area (Å²) in [5.74, 6) is 0.223. The predicted octanol–water partition coefficient (Wildman–Crippen LogP) is 3.12. The van der Waals surface area contributed by atoms with Crippen molar-refractivity contribution in [2.45, 2.75) is 31.5 Å². The van der Waals surface area contributed by atoms with Gasteiger partial charge in [0, 0.05) is 10.6 Å². The molecular formula is C23H24ClN3O4. The minimum absolute atomic E-state index is 0.0849. The Balaban J connectivity index is 1.57. The van der Waals surface area contributed by atoms with Gasteiger partial charge in [0.25, 0.3) is 0 Å². The number of halogens is 1. The fourth-order valence-electron chi connectivity index (χ4n) is 4.14. The van der Waals surface area contributed by atoms with Crippen molar-refractivity contribution < 1.29 is 19.1 Å². The van der Waals surface area contributed by atoms with Crippen LogP contribution in [0.3, 0.4) is 0 Å². The van der Waals surface area contributed by atoms with E-state index in [4.69, 9.17) is 16.3 Å². The molecule has 2 saturated heterocycles. The van der Waals surface area contributed by atoms with Crippen LogP contribution >= 0.6 is 11.6 Å². The fourth-order valence-corrected chi connectivity index (χ4v) is 4.27. The van der Waals surface area contributed by atoms with E-state index in [1.165, 1.54) is 4.90 Å². The highest BCUT2D eigenvalue weighted by molar-refractivity contribution is 6.30. The highest BCUT2D eigenvalue weighted by Gasteiger charge is 2.47. The minimum Gasteiger partial charge on any atom is -0.497 e. The van der Waals surface area contributed by atoms with Crippen LogP contribution in [0.2, 0.25) is 5.02 Å². The predicted molar refractivity (Wildman–Crippen MR) is 116 cm³/mol. The van der Waals surface area contributed by atoms with E-state index in [1.807, 2.05) is 0 Å². The van der Waals surface area contributed by atoms with Crippen molar-refractivity contribution >= 4 is 29.3 Å². The number of carbonyl (C=O) groups excluding carboxylic acids is 3. The lowest BCUT2D eigenvalue weighted by Gasteiger charge is -2.46. The average molecular weight is 442 g/mol. The van der Waals surface area contributed by atoms with Crippen molar-refractivity contribution in [1.29, 1.82) is 0 Å². The second-order valence-electron chi connectivity index (χ2n) is 7.75. The van der Waals surface area contributed by atoms with Gasteiger partial charge in [-0.05, 0) is 61.3 Å². The molecule has 2 aliphatic heterocycles. The Morgan fingerprint density at radius 1 is 1.13 bits per heavy atom. The van der Waals surface area contributed by atoms with Crippen LogP contribution in [-0.4, -0.2) is 59.8 Å². The maximum atomic E-state index is 13.3. The SMILES string of the molecule is COc1ccc(C(=O)CN2C(=O)N(Cc3ccc(Cl)cc3)C(=O)C3NCCCC32)cc1. The van der Waals surface area contributed by atoms with E-state index in [0.29, 0.717) is 29.3 Å². The molecular weight excluding hydrogens is 418 g/mol. The van der Waals surface area contributed by atoms with Crippen LogP contribution in [0.15, 0.2) is 48.5 Å². The summed E-state index contributed by atoms with van der Waals surface area (Å²) in [6, 6.07) is 12.5. The van der Waals surface area contributed by atoms with Crippen LogP contribution in [0, 0.1) is 0 Å². The molecule has 4 rings (SSSR count). The van der Waals surface area contributed by atoms with Crippen LogP contribution in [0.25, 0.3) is 0 Å². The molecule has 1 N–H and O–H groups in total. The van der Waals surface area contributed by atoms with Gasteiger partial charge in [0.05, 0.1) is 26.2 Å². The van der Waals surface area contributed by atoms with Crippen molar-refractivity contribution in [3.05, 3.63) is 64.7 Å². The first kappa shape index (κ1) is 21.3. The van der Waals surface area contributed by atoms with Crippen LogP contribution in [-0.2, 0) is 11.3 Å². The molecule has 0 spiro atoms. The van der Waals surface area contributed by atoms with E-state index >= 15 is 0 Å². The number of ketones is 1. The molecule has 31 heavy (non-hydrogen) atoms.